The van der Waals surface area contributed by atoms with Crippen LogP contribution < -0.4 is 4.90 Å². The van der Waals surface area contributed by atoms with Gasteiger partial charge in [-0.15, -0.1) is 0 Å². The molecule has 0 amide bonds. The quantitative estimate of drug-likeness (QED) is 0.737. The minimum atomic E-state index is -1.88. The second-order valence-corrected chi connectivity index (χ2v) is 17.2. The van der Waals surface area contributed by atoms with Crippen LogP contribution >= 0.6 is 0 Å². The average molecular weight is 314 g/mol. The van der Waals surface area contributed by atoms with Crippen molar-refractivity contribution in [2.45, 2.75) is 22.1 Å². The van der Waals surface area contributed by atoms with Gasteiger partial charge in [-0.1, -0.05) is 0 Å². The molecule has 2 heteroatoms. The van der Waals surface area contributed by atoms with E-state index < -0.39 is 13.3 Å². The number of para-hydroxylation sites is 1. The predicted molar refractivity (Wildman–Crippen MR) is 87.4 cm³/mol. The first-order valence-electron chi connectivity index (χ1n) is 6.83. The Labute approximate surface area is 119 Å². The van der Waals surface area contributed by atoms with Crippen LogP contribution in [0.2, 0.25) is 17.3 Å². The molecule has 0 fully saturated rings. The van der Waals surface area contributed by atoms with Gasteiger partial charge in [-0.05, 0) is 0 Å². The summed E-state index contributed by atoms with van der Waals surface area (Å²) in [5.74, 6) is 7.45. The van der Waals surface area contributed by atoms with Crippen LogP contribution in [0.15, 0.2) is 60.7 Å². The Morgan fingerprint density at radius 2 is 1.26 bits per heavy atom. The standard InChI is InChI=1S/C17H23GeN/c1-18(2,3)17(15-11-7-5-8-12-15)19(4)16-13-9-6-10-14-16/h5-14,17H,1-4H3. The molecule has 0 aromatic heterocycles. The number of rotatable bonds is 4. The van der Waals surface area contributed by atoms with Gasteiger partial charge in [0.05, 0.1) is 0 Å². The fourth-order valence-corrected chi connectivity index (χ4v) is 8.00. The van der Waals surface area contributed by atoms with Gasteiger partial charge in [0.2, 0.25) is 0 Å². The molecule has 2 aromatic rings. The van der Waals surface area contributed by atoms with E-state index in [1.165, 1.54) is 11.3 Å². The number of hydrogen-bond acceptors (Lipinski definition) is 1. The summed E-state index contributed by atoms with van der Waals surface area (Å²) >= 11 is -1.88. The zero-order chi connectivity index (χ0) is 13.9. The first-order chi connectivity index (χ1) is 9.00. The Bertz CT molecular complexity index is 502. The zero-order valence-corrected chi connectivity index (χ0v) is 14.4. The molecule has 0 saturated carbocycles. The van der Waals surface area contributed by atoms with Crippen LogP contribution in [0.5, 0.6) is 0 Å². The van der Waals surface area contributed by atoms with Crippen LogP contribution in [0, 0.1) is 0 Å². The van der Waals surface area contributed by atoms with Crippen LogP contribution in [0.4, 0.5) is 5.69 Å². The van der Waals surface area contributed by atoms with Gasteiger partial charge in [0, 0.05) is 0 Å². The van der Waals surface area contributed by atoms with E-state index in [4.69, 9.17) is 0 Å². The molecule has 100 valence electrons. The molecule has 19 heavy (non-hydrogen) atoms. The van der Waals surface area contributed by atoms with E-state index in [2.05, 4.69) is 89.9 Å². The molecule has 0 aliphatic carbocycles. The molecular weight excluding hydrogens is 291 g/mol. The molecule has 1 atom stereocenters. The molecule has 0 bridgehead atoms. The molecule has 0 spiro atoms. The van der Waals surface area contributed by atoms with Crippen molar-refractivity contribution in [1.82, 2.24) is 0 Å². The molecule has 0 aliphatic heterocycles. The van der Waals surface area contributed by atoms with Crippen molar-refractivity contribution in [3.8, 4) is 0 Å². The van der Waals surface area contributed by atoms with E-state index in [1.807, 2.05) is 0 Å². The van der Waals surface area contributed by atoms with Crippen molar-refractivity contribution < 1.29 is 0 Å². The summed E-state index contributed by atoms with van der Waals surface area (Å²) in [5.41, 5.74) is 2.75. The molecule has 1 nitrogen and oxygen atoms in total. The van der Waals surface area contributed by atoms with Crippen LogP contribution in [-0.4, -0.2) is 20.3 Å². The second-order valence-electron chi connectivity index (χ2n) is 6.13. The van der Waals surface area contributed by atoms with Gasteiger partial charge in [-0.2, -0.15) is 0 Å². The van der Waals surface area contributed by atoms with E-state index in [0.29, 0.717) is 4.87 Å². The molecule has 2 aromatic carbocycles. The van der Waals surface area contributed by atoms with Crippen molar-refractivity contribution in [1.29, 1.82) is 0 Å². The topological polar surface area (TPSA) is 3.24 Å². The molecule has 0 radical (unpaired) electrons. The van der Waals surface area contributed by atoms with E-state index in [0.717, 1.165) is 0 Å². The number of benzene rings is 2. The van der Waals surface area contributed by atoms with Crippen LogP contribution in [0.3, 0.4) is 0 Å². The fraction of sp³-hybridized carbons (Fsp3) is 0.294. The van der Waals surface area contributed by atoms with E-state index >= 15 is 0 Å². The van der Waals surface area contributed by atoms with Gasteiger partial charge in [0.15, 0.2) is 0 Å². The molecule has 0 N–H and O–H groups in total. The number of anilines is 1. The van der Waals surface area contributed by atoms with Crippen molar-refractivity contribution in [3.63, 3.8) is 0 Å². The number of hydrogen-bond donors (Lipinski definition) is 0. The van der Waals surface area contributed by atoms with Gasteiger partial charge < -0.3 is 0 Å². The number of nitrogens with zero attached hydrogens (tertiary/aromatic N) is 1. The Hall–Kier alpha value is -1.22. The third-order valence-corrected chi connectivity index (χ3v) is 8.44. The summed E-state index contributed by atoms with van der Waals surface area (Å²) in [5, 5.41) is 0. The summed E-state index contributed by atoms with van der Waals surface area (Å²) in [4.78, 5) is 3.00. The van der Waals surface area contributed by atoms with Crippen molar-refractivity contribution in [2.24, 2.45) is 0 Å². The molecular formula is C17H23GeN. The molecule has 0 saturated heterocycles. The van der Waals surface area contributed by atoms with Crippen LogP contribution in [0.1, 0.15) is 10.4 Å². The van der Waals surface area contributed by atoms with Crippen molar-refractivity contribution in [3.05, 3.63) is 66.2 Å². The van der Waals surface area contributed by atoms with Crippen LogP contribution in [-0.2, 0) is 0 Å². The van der Waals surface area contributed by atoms with Gasteiger partial charge in [0.25, 0.3) is 0 Å². The first kappa shape index (κ1) is 14.2. The van der Waals surface area contributed by atoms with E-state index in [-0.39, 0.29) is 0 Å². The summed E-state index contributed by atoms with van der Waals surface area (Å²) in [6, 6.07) is 21.6. The maximum absolute atomic E-state index is 2.48. The Kier molecular flexibility index (Phi) is 4.35. The van der Waals surface area contributed by atoms with Gasteiger partial charge in [0.1, 0.15) is 0 Å². The van der Waals surface area contributed by atoms with Gasteiger partial charge in [-0.25, -0.2) is 0 Å². The van der Waals surface area contributed by atoms with Crippen LogP contribution in [0.25, 0.3) is 0 Å². The summed E-state index contributed by atoms with van der Waals surface area (Å²) in [6.07, 6.45) is 0. The Balaban J connectivity index is 2.40. The van der Waals surface area contributed by atoms with Gasteiger partial charge in [-0.3, -0.25) is 0 Å². The normalized spacial score (nSPS) is 13.1. The summed E-state index contributed by atoms with van der Waals surface area (Å²) < 4.78 is 0. The Morgan fingerprint density at radius 3 is 1.74 bits per heavy atom. The van der Waals surface area contributed by atoms with E-state index in [1.54, 1.807) is 0 Å². The molecule has 2 rings (SSSR count). The zero-order valence-electron chi connectivity index (χ0n) is 12.3. The average Bonchev–Trinajstić information content (AvgIpc) is 2.39. The minimum absolute atomic E-state index is 0.545. The molecule has 0 aliphatic rings. The summed E-state index contributed by atoms with van der Waals surface area (Å²) in [7, 11) is 2.23. The van der Waals surface area contributed by atoms with Crippen molar-refractivity contribution >= 4 is 19.0 Å². The predicted octanol–water partition coefficient (Wildman–Crippen LogP) is 4.74. The van der Waals surface area contributed by atoms with Crippen molar-refractivity contribution in [2.75, 3.05) is 11.9 Å². The SMILES string of the molecule is CN(c1ccccc1)[CH](c1ccccc1)[Ge]([CH3])([CH3])[CH3]. The fourth-order valence-electron chi connectivity index (χ4n) is 2.75. The first-order valence-corrected chi connectivity index (χ1v) is 14.3. The second kappa shape index (κ2) is 5.83. The van der Waals surface area contributed by atoms with Gasteiger partial charge >= 0.3 is 119 Å². The maximum atomic E-state index is 2.48. The molecule has 0 heterocycles. The Morgan fingerprint density at radius 1 is 0.789 bits per heavy atom. The molecule has 1 unspecified atom stereocenters. The summed E-state index contributed by atoms with van der Waals surface area (Å²) in [6.45, 7) is 0. The van der Waals surface area contributed by atoms with E-state index in [9.17, 15) is 0 Å². The third kappa shape index (κ3) is 3.41. The third-order valence-electron chi connectivity index (χ3n) is 3.49. The monoisotopic (exact) mass is 315 g/mol.